The third-order valence-electron chi connectivity index (χ3n) is 2.53. The molecule has 0 aliphatic rings. The van der Waals surface area contributed by atoms with Gasteiger partial charge in [0.25, 0.3) is 0 Å². The number of halogens is 2. The Morgan fingerprint density at radius 3 is 3.12 bits per heavy atom. The van der Waals surface area contributed by atoms with E-state index in [9.17, 15) is 0 Å². The van der Waals surface area contributed by atoms with Crippen LogP contribution in [0.15, 0.2) is 35.1 Å². The molecule has 2 rings (SSSR count). The first-order valence-corrected chi connectivity index (χ1v) is 6.56. The van der Waals surface area contributed by atoms with E-state index in [4.69, 9.17) is 11.6 Å². The molecule has 2 heterocycles. The van der Waals surface area contributed by atoms with E-state index >= 15 is 0 Å². The summed E-state index contributed by atoms with van der Waals surface area (Å²) in [5, 5.41) is 3.77. The van der Waals surface area contributed by atoms with Crippen molar-refractivity contribution in [2.75, 3.05) is 5.32 Å². The Kier molecular flexibility index (Phi) is 4.07. The zero-order chi connectivity index (χ0) is 12.3. The fourth-order valence-electron chi connectivity index (χ4n) is 1.65. The summed E-state index contributed by atoms with van der Waals surface area (Å²) >= 11 is 9.39. The molecule has 90 valence electrons. The molecule has 5 heteroatoms. The second-order valence-electron chi connectivity index (χ2n) is 3.63. The highest BCUT2D eigenvalue weighted by Gasteiger charge is 2.04. The van der Waals surface area contributed by atoms with Gasteiger partial charge in [0.2, 0.25) is 0 Å². The van der Waals surface area contributed by atoms with E-state index in [2.05, 4.69) is 50.0 Å². The van der Waals surface area contributed by atoms with Crippen molar-refractivity contribution < 1.29 is 0 Å². The summed E-state index contributed by atoms with van der Waals surface area (Å²) in [4.78, 5) is 4.07. The van der Waals surface area contributed by atoms with Crippen molar-refractivity contribution in [1.29, 1.82) is 0 Å². The Balaban J connectivity index is 2.09. The van der Waals surface area contributed by atoms with Crippen LogP contribution >= 0.6 is 27.5 Å². The Bertz CT molecular complexity index is 510. The van der Waals surface area contributed by atoms with Crippen LogP contribution in [0.3, 0.4) is 0 Å². The average Bonchev–Trinajstić information content (AvgIpc) is 2.77. The standard InChI is InChI=1S/C12H13BrClN3/c1-2-17-5-3-4-10(17)8-15-11-6-9(13)7-16-12(11)14/h3-7,15H,2,8H2,1H3. The zero-order valence-electron chi connectivity index (χ0n) is 9.45. The molecule has 0 aliphatic heterocycles. The van der Waals surface area contributed by atoms with Crippen LogP contribution in [0, 0.1) is 0 Å². The van der Waals surface area contributed by atoms with Crippen molar-refractivity contribution in [1.82, 2.24) is 9.55 Å². The van der Waals surface area contributed by atoms with E-state index in [1.54, 1.807) is 6.20 Å². The normalized spacial score (nSPS) is 10.5. The van der Waals surface area contributed by atoms with E-state index in [1.165, 1.54) is 5.69 Å². The van der Waals surface area contributed by atoms with Gasteiger partial charge in [-0.1, -0.05) is 11.6 Å². The van der Waals surface area contributed by atoms with Gasteiger partial charge in [0, 0.05) is 29.1 Å². The minimum absolute atomic E-state index is 0.489. The molecule has 0 amide bonds. The fraction of sp³-hybridized carbons (Fsp3) is 0.250. The first kappa shape index (κ1) is 12.5. The summed E-state index contributed by atoms with van der Waals surface area (Å²) in [6, 6.07) is 6.06. The molecule has 2 aromatic rings. The maximum atomic E-state index is 6.01. The van der Waals surface area contributed by atoms with Crippen LogP contribution in [0.1, 0.15) is 12.6 Å². The average molecular weight is 315 g/mol. The highest BCUT2D eigenvalue weighted by molar-refractivity contribution is 9.10. The molecule has 17 heavy (non-hydrogen) atoms. The largest absolute Gasteiger partial charge is 0.377 e. The van der Waals surface area contributed by atoms with Gasteiger partial charge in [-0.25, -0.2) is 4.98 Å². The van der Waals surface area contributed by atoms with Crippen molar-refractivity contribution in [3.05, 3.63) is 45.9 Å². The van der Waals surface area contributed by atoms with Gasteiger partial charge in [-0.15, -0.1) is 0 Å². The Morgan fingerprint density at radius 2 is 2.35 bits per heavy atom. The van der Waals surface area contributed by atoms with Crippen molar-refractivity contribution in [3.63, 3.8) is 0 Å². The predicted molar refractivity (Wildman–Crippen MR) is 74.4 cm³/mol. The van der Waals surface area contributed by atoms with Gasteiger partial charge >= 0.3 is 0 Å². The monoisotopic (exact) mass is 313 g/mol. The molecule has 0 aromatic carbocycles. The number of pyridine rings is 1. The minimum Gasteiger partial charge on any atom is -0.377 e. The maximum absolute atomic E-state index is 6.01. The number of nitrogens with zero attached hydrogens (tertiary/aromatic N) is 2. The van der Waals surface area contributed by atoms with Crippen molar-refractivity contribution in [2.24, 2.45) is 0 Å². The number of anilines is 1. The van der Waals surface area contributed by atoms with Crippen LogP contribution in [0.2, 0.25) is 5.15 Å². The minimum atomic E-state index is 0.489. The van der Waals surface area contributed by atoms with Crippen LogP contribution in [-0.2, 0) is 13.1 Å². The molecule has 1 N–H and O–H groups in total. The van der Waals surface area contributed by atoms with Gasteiger partial charge in [0.05, 0.1) is 12.2 Å². The summed E-state index contributed by atoms with van der Waals surface area (Å²) in [6.07, 6.45) is 3.75. The summed E-state index contributed by atoms with van der Waals surface area (Å²) in [5.74, 6) is 0. The second kappa shape index (κ2) is 5.56. The number of hydrogen-bond acceptors (Lipinski definition) is 2. The van der Waals surface area contributed by atoms with E-state index < -0.39 is 0 Å². The summed E-state index contributed by atoms with van der Waals surface area (Å²) < 4.78 is 3.10. The molecule has 0 radical (unpaired) electrons. The zero-order valence-corrected chi connectivity index (χ0v) is 11.8. The first-order valence-electron chi connectivity index (χ1n) is 5.39. The molecule has 0 fully saturated rings. The third kappa shape index (κ3) is 3.01. The molecule has 0 spiro atoms. The van der Waals surface area contributed by atoms with Gasteiger partial charge in [0.15, 0.2) is 5.15 Å². The van der Waals surface area contributed by atoms with Crippen LogP contribution in [0.4, 0.5) is 5.69 Å². The van der Waals surface area contributed by atoms with Crippen molar-refractivity contribution in [2.45, 2.75) is 20.0 Å². The lowest BCUT2D eigenvalue weighted by molar-refractivity contribution is 0.724. The smallest absolute Gasteiger partial charge is 0.152 e. The lowest BCUT2D eigenvalue weighted by Crippen LogP contribution is -2.06. The predicted octanol–water partition coefficient (Wildman–Crippen LogP) is 3.93. The van der Waals surface area contributed by atoms with Gasteiger partial charge in [-0.2, -0.15) is 0 Å². The number of hydrogen-bond donors (Lipinski definition) is 1. The Hall–Kier alpha value is -1.00. The van der Waals surface area contributed by atoms with E-state index in [-0.39, 0.29) is 0 Å². The number of aromatic nitrogens is 2. The van der Waals surface area contributed by atoms with Gasteiger partial charge in [0.1, 0.15) is 0 Å². The molecule has 0 unspecified atom stereocenters. The van der Waals surface area contributed by atoms with E-state index in [1.807, 2.05) is 12.1 Å². The first-order chi connectivity index (χ1) is 8.20. The summed E-state index contributed by atoms with van der Waals surface area (Å²) in [7, 11) is 0. The van der Waals surface area contributed by atoms with Crippen molar-refractivity contribution in [3.8, 4) is 0 Å². The number of rotatable bonds is 4. The third-order valence-corrected chi connectivity index (χ3v) is 3.26. The molecular weight excluding hydrogens is 302 g/mol. The van der Waals surface area contributed by atoms with Gasteiger partial charge in [-0.05, 0) is 41.1 Å². The quantitative estimate of drug-likeness (QED) is 0.867. The molecule has 3 nitrogen and oxygen atoms in total. The van der Waals surface area contributed by atoms with E-state index in [0.29, 0.717) is 5.15 Å². The van der Waals surface area contributed by atoms with Crippen molar-refractivity contribution >= 4 is 33.2 Å². The summed E-state index contributed by atoms with van der Waals surface area (Å²) in [6.45, 7) is 3.82. The van der Waals surface area contributed by atoms with Crippen LogP contribution in [0.25, 0.3) is 0 Å². The molecule has 0 atom stereocenters. The Labute approximate surface area is 114 Å². The maximum Gasteiger partial charge on any atom is 0.152 e. The summed E-state index contributed by atoms with van der Waals surface area (Å²) in [5.41, 5.74) is 2.06. The van der Waals surface area contributed by atoms with Crippen LogP contribution < -0.4 is 5.32 Å². The highest BCUT2D eigenvalue weighted by atomic mass is 79.9. The number of nitrogens with one attached hydrogen (secondary N) is 1. The lowest BCUT2D eigenvalue weighted by atomic mass is 10.3. The molecule has 0 bridgehead atoms. The van der Waals surface area contributed by atoms with Gasteiger partial charge < -0.3 is 9.88 Å². The van der Waals surface area contributed by atoms with Crippen LogP contribution in [-0.4, -0.2) is 9.55 Å². The highest BCUT2D eigenvalue weighted by Crippen LogP contribution is 2.23. The van der Waals surface area contributed by atoms with Gasteiger partial charge in [-0.3, -0.25) is 0 Å². The molecule has 2 aromatic heterocycles. The SMILES string of the molecule is CCn1cccc1CNc1cc(Br)cnc1Cl. The topological polar surface area (TPSA) is 29.9 Å². The molecule has 0 saturated carbocycles. The van der Waals surface area contributed by atoms with E-state index in [0.717, 1.165) is 23.2 Å². The van der Waals surface area contributed by atoms with Crippen LogP contribution in [0.5, 0.6) is 0 Å². The second-order valence-corrected chi connectivity index (χ2v) is 4.90. The molecular formula is C12H13BrClN3. The lowest BCUT2D eigenvalue weighted by Gasteiger charge is -2.10. The molecule has 0 saturated heterocycles. The Morgan fingerprint density at radius 1 is 1.53 bits per heavy atom. The number of aryl methyl sites for hydroxylation is 1. The molecule has 0 aliphatic carbocycles. The fourth-order valence-corrected chi connectivity index (χ4v) is 2.15.